The summed E-state index contributed by atoms with van der Waals surface area (Å²) in [5.41, 5.74) is 1.28. The fraction of sp³-hybridized carbons (Fsp3) is 0.889. The number of aliphatic hydroxyl groups is 9. The third kappa shape index (κ3) is 10.6. The molecule has 2 saturated carbocycles. The SMILES string of the molecule is C=C(CC[C@@H](C)[C@H]1CC[C@@]2(C(=O)O)C3=C(CC[C@]12C)[C@@]1(C)CC[C@H](O[C@@H]2OC[C@H](O)[C@H](O[C@@H]4OC[C@H](O[C@@H]5OC[C@H](O)[C@H](O)[C@H]5O)[C@H](O)[C@H]4O)[C@H]2O[C@@H]2O[C@H](CO)[C@@H](O)[C@H](O)[C@H]2NC(C)=O)C(C)(C)[C@H]1CC3)C(C)C. The lowest BCUT2D eigenvalue weighted by molar-refractivity contribution is -0.381. The Morgan fingerprint density at radius 1 is 0.707 bits per heavy atom. The van der Waals surface area contributed by atoms with Gasteiger partial charge in [0.2, 0.25) is 5.91 Å². The van der Waals surface area contributed by atoms with Crippen LogP contribution in [0.1, 0.15) is 120 Å². The van der Waals surface area contributed by atoms with Crippen LogP contribution < -0.4 is 5.32 Å². The van der Waals surface area contributed by atoms with Crippen LogP contribution in [0.25, 0.3) is 0 Å². The van der Waals surface area contributed by atoms with Crippen molar-refractivity contribution in [1.29, 1.82) is 0 Å². The van der Waals surface area contributed by atoms with Gasteiger partial charge in [0.15, 0.2) is 25.2 Å². The summed E-state index contributed by atoms with van der Waals surface area (Å²) in [5, 5.41) is 111. The van der Waals surface area contributed by atoms with Crippen molar-refractivity contribution in [2.75, 3.05) is 26.4 Å². The number of aliphatic hydroxyl groups excluding tert-OH is 9. The van der Waals surface area contributed by atoms with Gasteiger partial charge in [-0.15, -0.1) is 0 Å². The van der Waals surface area contributed by atoms with E-state index in [0.29, 0.717) is 43.9 Å². The van der Waals surface area contributed by atoms with Gasteiger partial charge in [-0.3, -0.25) is 9.59 Å². The first-order valence-electron chi connectivity index (χ1n) is 27.3. The van der Waals surface area contributed by atoms with Crippen LogP contribution in [0.5, 0.6) is 0 Å². The Morgan fingerprint density at radius 3 is 2.01 bits per heavy atom. The number of carbonyl (C=O) groups excluding carboxylic acids is 1. The number of carbonyl (C=O) groups is 2. The van der Waals surface area contributed by atoms with Crippen molar-refractivity contribution in [2.45, 2.75) is 230 Å². The molecule has 0 spiro atoms. The van der Waals surface area contributed by atoms with E-state index in [0.717, 1.165) is 37.7 Å². The van der Waals surface area contributed by atoms with Crippen molar-refractivity contribution in [3.63, 3.8) is 0 Å². The molecule has 0 radical (unpaired) electrons. The van der Waals surface area contributed by atoms with Gasteiger partial charge in [-0.25, -0.2) is 0 Å². The summed E-state index contributed by atoms with van der Waals surface area (Å²) >= 11 is 0. The highest BCUT2D eigenvalue weighted by Crippen LogP contribution is 2.73. The van der Waals surface area contributed by atoms with E-state index in [1.54, 1.807) is 0 Å². The van der Waals surface area contributed by atoms with Crippen LogP contribution in [0.3, 0.4) is 0 Å². The molecule has 8 aliphatic rings. The Morgan fingerprint density at radius 2 is 1.35 bits per heavy atom. The first-order valence-corrected chi connectivity index (χ1v) is 27.3. The fourth-order valence-electron chi connectivity index (χ4n) is 15.2. The zero-order valence-electron chi connectivity index (χ0n) is 44.9. The van der Waals surface area contributed by atoms with Gasteiger partial charge in [0.1, 0.15) is 79.3 Å². The van der Waals surface area contributed by atoms with Gasteiger partial charge in [0.25, 0.3) is 0 Å². The second-order valence-corrected chi connectivity index (χ2v) is 24.6. The van der Waals surface area contributed by atoms with Gasteiger partial charge in [-0.1, -0.05) is 71.8 Å². The van der Waals surface area contributed by atoms with E-state index in [2.05, 4.69) is 60.4 Å². The number of allylic oxidation sites excluding steroid dienone is 2. The standard InChI is InChI=1S/C54H87NO20/c1-24(2)25(3)10-11-26(4)28-15-19-54(50(66)67)30-12-13-35-51(6,7)36(16-17-52(35,8)29(30)14-18-53(28,54)9)73-49-45(75-46-37(55-27(5)57)41(63)39(61)33(20-56)71-46)44(32(59)22-69-49)74-48-43(65)40(62)34(23-70-48)72-47-42(64)38(60)31(58)21-68-47/h24,26,28,31-49,56,58-65H,3,10-23H2,1-2,4-9H3,(H,55,57)(H,66,67)/t26-,28-,31+,32+,33-,34+,35-,36+,37-,38+,39-,40+,41-,42-,43-,44+,45-,46+,47+,48+,49+,52-,53-,54+/m1/s1. The van der Waals surface area contributed by atoms with Crippen molar-refractivity contribution in [1.82, 2.24) is 5.32 Å². The van der Waals surface area contributed by atoms with Gasteiger partial charge in [0.05, 0.1) is 37.9 Å². The minimum atomic E-state index is -1.86. The van der Waals surface area contributed by atoms with Gasteiger partial charge < -0.3 is 94.3 Å². The molecular formula is C54H87NO20. The molecule has 0 unspecified atom stereocenters. The number of carboxylic acids is 1. The molecule has 75 heavy (non-hydrogen) atoms. The average Bonchev–Trinajstić information content (AvgIpc) is 3.69. The number of carboxylic acid groups (broad SMARTS) is 1. The molecule has 4 saturated heterocycles. The number of fused-ring (bicyclic) bond motifs is 4. The molecule has 6 fully saturated rings. The normalized spacial score (nSPS) is 47.3. The van der Waals surface area contributed by atoms with E-state index >= 15 is 0 Å². The highest BCUT2D eigenvalue weighted by atomic mass is 16.8. The number of hydrogen-bond acceptors (Lipinski definition) is 19. The summed E-state index contributed by atoms with van der Waals surface area (Å²) in [6.07, 6.45) is -18.2. The number of ether oxygens (including phenoxy) is 8. The molecule has 0 bridgehead atoms. The van der Waals surface area contributed by atoms with E-state index in [1.807, 2.05) is 0 Å². The van der Waals surface area contributed by atoms with Gasteiger partial charge >= 0.3 is 5.97 Å². The van der Waals surface area contributed by atoms with E-state index in [1.165, 1.54) is 18.1 Å². The van der Waals surface area contributed by atoms with E-state index in [9.17, 15) is 60.7 Å². The number of nitrogens with one attached hydrogen (secondary N) is 1. The zero-order valence-corrected chi connectivity index (χ0v) is 44.9. The third-order valence-electron chi connectivity index (χ3n) is 19.7. The van der Waals surface area contributed by atoms with Gasteiger partial charge in [-0.2, -0.15) is 0 Å². The van der Waals surface area contributed by atoms with Crippen molar-refractivity contribution >= 4 is 11.9 Å². The molecule has 4 aliphatic heterocycles. The molecule has 21 heteroatoms. The maximum atomic E-state index is 14.0. The van der Waals surface area contributed by atoms with Crippen LogP contribution in [0.2, 0.25) is 0 Å². The lowest BCUT2D eigenvalue weighted by Crippen LogP contribution is -2.68. The summed E-state index contributed by atoms with van der Waals surface area (Å²) in [5.74, 6) is -0.321. The maximum Gasteiger partial charge on any atom is 0.314 e. The topological polar surface area (TPSA) is 322 Å². The van der Waals surface area contributed by atoms with Crippen LogP contribution >= 0.6 is 0 Å². The lowest BCUT2D eigenvalue weighted by Gasteiger charge is -2.62. The molecule has 8 rings (SSSR count). The predicted octanol–water partition coefficient (Wildman–Crippen LogP) is 1.15. The van der Waals surface area contributed by atoms with Crippen molar-refractivity contribution in [3.8, 4) is 0 Å². The van der Waals surface area contributed by atoms with E-state index in [4.69, 9.17) is 37.9 Å². The van der Waals surface area contributed by atoms with Crippen LogP contribution in [0.4, 0.5) is 0 Å². The van der Waals surface area contributed by atoms with Crippen LogP contribution in [0.15, 0.2) is 23.3 Å². The van der Waals surface area contributed by atoms with Crippen molar-refractivity contribution in [2.24, 2.45) is 45.3 Å². The third-order valence-corrected chi connectivity index (χ3v) is 19.7. The summed E-state index contributed by atoms with van der Waals surface area (Å²) in [7, 11) is 0. The minimum Gasteiger partial charge on any atom is -0.481 e. The number of aliphatic carboxylic acids is 1. The molecule has 4 heterocycles. The predicted molar refractivity (Wildman–Crippen MR) is 263 cm³/mol. The molecule has 0 aromatic heterocycles. The second-order valence-electron chi connectivity index (χ2n) is 24.6. The van der Waals surface area contributed by atoms with E-state index < -0.39 is 152 Å². The number of rotatable bonds is 16. The summed E-state index contributed by atoms with van der Waals surface area (Å²) in [6.45, 7) is 19.0. The zero-order chi connectivity index (χ0) is 54.9. The maximum absolute atomic E-state index is 14.0. The molecular weight excluding hydrogens is 983 g/mol. The smallest absolute Gasteiger partial charge is 0.314 e. The Bertz CT molecular complexity index is 2070. The Hall–Kier alpha value is -2.26. The molecule has 1 amide bonds. The Balaban J connectivity index is 1.05. The van der Waals surface area contributed by atoms with Gasteiger partial charge in [0, 0.05) is 6.92 Å². The Kier molecular flexibility index (Phi) is 17.8. The van der Waals surface area contributed by atoms with Crippen LogP contribution in [-0.2, 0) is 47.5 Å². The number of hydrogen-bond donors (Lipinski definition) is 11. The van der Waals surface area contributed by atoms with Crippen LogP contribution in [0, 0.1) is 45.3 Å². The molecule has 0 aromatic rings. The largest absolute Gasteiger partial charge is 0.481 e. The fourth-order valence-corrected chi connectivity index (χ4v) is 15.2. The highest BCUT2D eigenvalue weighted by Gasteiger charge is 2.69. The molecule has 11 N–H and O–H groups in total. The molecule has 4 aliphatic carbocycles. The molecule has 21 nitrogen and oxygen atoms in total. The molecule has 428 valence electrons. The quantitative estimate of drug-likeness (QED) is 0.0966. The monoisotopic (exact) mass is 1070 g/mol. The van der Waals surface area contributed by atoms with Crippen molar-refractivity contribution in [3.05, 3.63) is 23.3 Å². The summed E-state index contributed by atoms with van der Waals surface area (Å²) < 4.78 is 49.0. The molecule has 24 atom stereocenters. The van der Waals surface area contributed by atoms with Crippen LogP contribution in [-0.4, -0.2) is 200 Å². The summed E-state index contributed by atoms with van der Waals surface area (Å²) in [6, 6.07) is -1.43. The summed E-state index contributed by atoms with van der Waals surface area (Å²) in [4.78, 5) is 26.5. The number of amides is 1. The Labute approximate surface area is 439 Å². The first-order chi connectivity index (χ1) is 35.2. The highest BCUT2D eigenvalue weighted by molar-refractivity contribution is 5.82. The molecule has 0 aromatic carbocycles. The minimum absolute atomic E-state index is 0.0279. The first kappa shape index (κ1) is 58.9. The lowest BCUT2D eigenvalue weighted by atomic mass is 9.43. The average molecular weight is 1070 g/mol. The van der Waals surface area contributed by atoms with E-state index in [-0.39, 0.29) is 30.5 Å². The van der Waals surface area contributed by atoms with Gasteiger partial charge in [-0.05, 0) is 104 Å². The van der Waals surface area contributed by atoms with Crippen molar-refractivity contribution < 1.29 is 98.5 Å². The second kappa shape index (κ2) is 22.7.